The predicted octanol–water partition coefficient (Wildman–Crippen LogP) is 6.30. The van der Waals surface area contributed by atoms with Gasteiger partial charge < -0.3 is 44.5 Å². The monoisotopic (exact) mass is 993 g/mol. The van der Waals surface area contributed by atoms with E-state index in [1.807, 2.05) is 32.0 Å². The number of hydrogen-bond donors (Lipinski definition) is 3. The number of aromatic nitrogens is 1. The number of β-amino-alcohol motifs (C(OH)–C–C–N with tert-alkyl or cyclic N) is 1. The molecule has 6 rings (SSSR count). The molecule has 0 bridgehead atoms. The van der Waals surface area contributed by atoms with Crippen LogP contribution in [0.4, 0.5) is 24.5 Å². The number of hydrogen-bond acceptors (Lipinski definition) is 13. The van der Waals surface area contributed by atoms with E-state index in [1.54, 1.807) is 54.6 Å². The molecular formula is C48H54F3N7O9S2. The Labute approximate surface area is 407 Å². The van der Waals surface area contributed by atoms with Crippen molar-refractivity contribution in [3.8, 4) is 28.0 Å². The molecule has 2 aliphatic rings. The first-order chi connectivity index (χ1) is 32.8. The number of aliphatic hydroxyl groups is 1. The molecule has 2 aliphatic heterocycles. The van der Waals surface area contributed by atoms with Crippen LogP contribution in [-0.2, 0) is 41.4 Å². The Morgan fingerprint density at radius 1 is 1.00 bits per heavy atom. The van der Waals surface area contributed by atoms with Crippen molar-refractivity contribution in [3.63, 3.8) is 0 Å². The van der Waals surface area contributed by atoms with Crippen molar-refractivity contribution in [1.82, 2.24) is 20.5 Å². The summed E-state index contributed by atoms with van der Waals surface area (Å²) in [7, 11) is 0. The standard InChI is InChI=1S/C48H54F3N7O9S2/c1-6-7-39(55-30(3)59)44(62)56-27-36(60)24-40(56)43(61)53-26-33-9-8-31(42-29(2)54-28-69-42)22-41(33)67-21-19-65-17-16-64-18-20-66-37-14-12-34(13-15-37)58-46(68)57(45(63)47(58,4)5)35-11-10-32(25-52)38(23-35)48(49,50)51/h8-15,22-23,28,36,39-40,60H,6-7,16-21,24,26-27H2,1-5H3,(H,53,61)(H,55,59)/t36-,39+,40+/m1/s1. The third-order valence-corrected chi connectivity index (χ3v) is 12.8. The molecule has 0 spiro atoms. The maximum Gasteiger partial charge on any atom is 0.417 e. The highest BCUT2D eigenvalue weighted by molar-refractivity contribution is 7.81. The fourth-order valence-corrected chi connectivity index (χ4v) is 9.38. The molecular weight excluding hydrogens is 940 g/mol. The number of likely N-dealkylation sites (tertiary alicyclic amines) is 1. The maximum absolute atomic E-state index is 13.7. The maximum atomic E-state index is 13.7. The predicted molar refractivity (Wildman–Crippen MR) is 255 cm³/mol. The van der Waals surface area contributed by atoms with Crippen LogP contribution in [0.2, 0.25) is 0 Å². The van der Waals surface area contributed by atoms with E-state index in [0.717, 1.165) is 33.2 Å². The van der Waals surface area contributed by atoms with Crippen LogP contribution in [0, 0.1) is 18.3 Å². The number of rotatable bonds is 21. The van der Waals surface area contributed by atoms with Crippen molar-refractivity contribution in [1.29, 1.82) is 5.26 Å². The fraction of sp³-hybridized carbons (Fsp3) is 0.438. The summed E-state index contributed by atoms with van der Waals surface area (Å²) in [5.41, 5.74) is 1.65. The van der Waals surface area contributed by atoms with Crippen molar-refractivity contribution in [2.45, 2.75) is 90.3 Å². The average molecular weight is 994 g/mol. The number of amides is 4. The molecule has 0 aliphatic carbocycles. The Bertz CT molecular complexity index is 2550. The molecule has 2 saturated heterocycles. The first kappa shape index (κ1) is 52.2. The first-order valence-electron chi connectivity index (χ1n) is 22.2. The molecule has 3 aromatic carbocycles. The molecule has 368 valence electrons. The number of benzene rings is 3. The Morgan fingerprint density at radius 2 is 1.67 bits per heavy atom. The number of nitrogens with zero attached hydrogens (tertiary/aromatic N) is 5. The van der Waals surface area contributed by atoms with Crippen molar-refractivity contribution in [3.05, 3.63) is 88.6 Å². The summed E-state index contributed by atoms with van der Waals surface area (Å²) in [6, 6.07) is 15.3. The first-order valence-corrected chi connectivity index (χ1v) is 23.5. The SMILES string of the molecule is CCC[C@H](NC(C)=O)C(=O)N1C[C@H](O)C[C@H]1C(=O)NCc1ccc(-c2scnc2C)cc1OCCOCCOCCOc1ccc(N2C(=S)N(c3ccc(C#N)c(C(F)(F)F)c3)C(=O)C2(C)C)cc1. The van der Waals surface area contributed by atoms with Crippen LogP contribution in [0.3, 0.4) is 0 Å². The van der Waals surface area contributed by atoms with E-state index in [2.05, 4.69) is 15.6 Å². The van der Waals surface area contributed by atoms with E-state index in [4.69, 9.17) is 31.2 Å². The Balaban J connectivity index is 0.954. The lowest BCUT2D eigenvalue weighted by molar-refractivity contribution is -0.141. The minimum Gasteiger partial charge on any atom is -0.491 e. The molecule has 0 unspecified atom stereocenters. The number of aliphatic hydroxyl groups excluding tert-OH is 1. The molecule has 21 heteroatoms. The molecule has 3 N–H and O–H groups in total. The van der Waals surface area contributed by atoms with Gasteiger partial charge in [-0.3, -0.25) is 24.1 Å². The minimum absolute atomic E-state index is 0.0160. The lowest BCUT2D eigenvalue weighted by Crippen LogP contribution is -2.53. The summed E-state index contributed by atoms with van der Waals surface area (Å²) in [6.45, 7) is 9.85. The number of nitrogens with one attached hydrogen (secondary N) is 2. The molecule has 3 atom stereocenters. The second-order valence-electron chi connectivity index (χ2n) is 16.8. The smallest absolute Gasteiger partial charge is 0.417 e. The summed E-state index contributed by atoms with van der Waals surface area (Å²) >= 11 is 7.11. The number of alkyl halides is 3. The van der Waals surface area contributed by atoms with Gasteiger partial charge in [-0.2, -0.15) is 18.4 Å². The van der Waals surface area contributed by atoms with Gasteiger partial charge in [-0.25, -0.2) is 4.98 Å². The van der Waals surface area contributed by atoms with Gasteiger partial charge in [0.2, 0.25) is 17.7 Å². The largest absolute Gasteiger partial charge is 0.491 e. The molecule has 2 fully saturated rings. The lowest BCUT2D eigenvalue weighted by Gasteiger charge is -2.29. The van der Waals surface area contributed by atoms with Gasteiger partial charge in [0.25, 0.3) is 5.91 Å². The third kappa shape index (κ3) is 12.5. The average Bonchev–Trinajstić information content (AvgIpc) is 3.97. The number of nitriles is 1. The van der Waals surface area contributed by atoms with E-state index >= 15 is 0 Å². The van der Waals surface area contributed by atoms with Crippen LogP contribution in [0.15, 0.2) is 66.2 Å². The molecule has 4 amide bonds. The highest BCUT2D eigenvalue weighted by Crippen LogP contribution is 2.40. The second kappa shape index (κ2) is 23.0. The number of anilines is 2. The van der Waals surface area contributed by atoms with Crippen LogP contribution in [0.5, 0.6) is 11.5 Å². The number of carbonyl (C=O) groups is 4. The van der Waals surface area contributed by atoms with E-state index in [0.29, 0.717) is 35.6 Å². The van der Waals surface area contributed by atoms with Gasteiger partial charge in [-0.05, 0) is 93.5 Å². The summed E-state index contributed by atoms with van der Waals surface area (Å²) in [5, 5.41) is 25.2. The van der Waals surface area contributed by atoms with Gasteiger partial charge in [0.1, 0.15) is 42.3 Å². The van der Waals surface area contributed by atoms with Gasteiger partial charge in [0.05, 0.1) is 71.5 Å². The van der Waals surface area contributed by atoms with Crippen molar-refractivity contribution >= 4 is 63.7 Å². The third-order valence-electron chi connectivity index (χ3n) is 11.4. The summed E-state index contributed by atoms with van der Waals surface area (Å²) in [4.78, 5) is 61.6. The zero-order valence-electron chi connectivity index (χ0n) is 38.8. The van der Waals surface area contributed by atoms with Crippen molar-refractivity contribution in [2.75, 3.05) is 56.0 Å². The van der Waals surface area contributed by atoms with Crippen LogP contribution in [0.1, 0.15) is 69.3 Å². The second-order valence-corrected chi connectivity index (χ2v) is 18.0. The van der Waals surface area contributed by atoms with Crippen LogP contribution >= 0.6 is 23.6 Å². The Hall–Kier alpha value is -6.18. The number of thiazole rings is 1. The molecule has 69 heavy (non-hydrogen) atoms. The quantitative estimate of drug-likeness (QED) is 0.0623. The fourth-order valence-electron chi connectivity index (χ4n) is 8.05. The van der Waals surface area contributed by atoms with Gasteiger partial charge in [0.15, 0.2) is 5.11 Å². The lowest BCUT2D eigenvalue weighted by atomic mass is 10.0. The molecule has 3 heterocycles. The summed E-state index contributed by atoms with van der Waals surface area (Å²) < 4.78 is 64.6. The molecule has 0 saturated carbocycles. The van der Waals surface area contributed by atoms with Gasteiger partial charge in [0, 0.05) is 37.7 Å². The minimum atomic E-state index is -4.81. The van der Waals surface area contributed by atoms with E-state index in [1.165, 1.54) is 29.2 Å². The molecule has 0 radical (unpaired) electrons. The highest BCUT2D eigenvalue weighted by atomic mass is 32.1. The van der Waals surface area contributed by atoms with Crippen molar-refractivity contribution < 1.29 is 56.4 Å². The summed E-state index contributed by atoms with van der Waals surface area (Å²) in [6.07, 6.45) is -4.59. The number of thiocarbonyl (C=S) groups is 1. The summed E-state index contributed by atoms with van der Waals surface area (Å²) in [5.74, 6) is -0.710. The number of carbonyl (C=O) groups excluding carboxylic acids is 4. The van der Waals surface area contributed by atoms with Gasteiger partial charge in [-0.1, -0.05) is 25.5 Å². The van der Waals surface area contributed by atoms with E-state index < -0.39 is 58.8 Å². The van der Waals surface area contributed by atoms with Crippen molar-refractivity contribution in [2.24, 2.45) is 0 Å². The van der Waals surface area contributed by atoms with Crippen LogP contribution < -0.4 is 29.9 Å². The molecule has 1 aromatic heterocycles. The Kier molecular flexibility index (Phi) is 17.4. The molecule has 16 nitrogen and oxygen atoms in total. The number of ether oxygens (including phenoxy) is 4. The Morgan fingerprint density at radius 3 is 2.29 bits per heavy atom. The van der Waals surface area contributed by atoms with E-state index in [9.17, 15) is 42.7 Å². The number of halogens is 3. The molecule has 4 aromatic rings. The topological polar surface area (TPSA) is 196 Å². The van der Waals surface area contributed by atoms with Crippen LogP contribution in [0.25, 0.3) is 10.4 Å². The van der Waals surface area contributed by atoms with Gasteiger partial charge >= 0.3 is 6.18 Å². The van der Waals surface area contributed by atoms with E-state index in [-0.39, 0.29) is 75.9 Å². The zero-order chi connectivity index (χ0) is 50.0. The van der Waals surface area contributed by atoms with Crippen LogP contribution in [-0.4, -0.2) is 114 Å². The highest BCUT2D eigenvalue weighted by Gasteiger charge is 2.51. The zero-order valence-corrected chi connectivity index (χ0v) is 40.4. The number of aryl methyl sites for hydroxylation is 1. The normalized spacial score (nSPS) is 17.2. The van der Waals surface area contributed by atoms with Gasteiger partial charge in [-0.15, -0.1) is 11.3 Å².